The van der Waals surface area contributed by atoms with E-state index in [1.807, 2.05) is 6.92 Å². The highest BCUT2D eigenvalue weighted by Crippen LogP contribution is 2.25. The first-order chi connectivity index (χ1) is 7.93. The summed E-state index contributed by atoms with van der Waals surface area (Å²) in [7, 11) is -3.41. The molecule has 2 unspecified atom stereocenters. The number of hydrogen-bond donors (Lipinski definition) is 1. The SMILES string of the molecule is CC1C(N)CCN1S(=O)(=O)c1ccc(Br)cc1. The maximum atomic E-state index is 12.4. The fraction of sp³-hybridized carbons (Fsp3) is 0.455. The number of nitrogens with zero attached hydrogens (tertiary/aromatic N) is 1. The summed E-state index contributed by atoms with van der Waals surface area (Å²) in [5.74, 6) is 0. The Kier molecular flexibility index (Phi) is 3.58. The van der Waals surface area contributed by atoms with Gasteiger partial charge in [-0.15, -0.1) is 0 Å². The van der Waals surface area contributed by atoms with Gasteiger partial charge in [-0.25, -0.2) is 8.42 Å². The van der Waals surface area contributed by atoms with Gasteiger partial charge in [-0.05, 0) is 37.6 Å². The fourth-order valence-electron chi connectivity index (χ4n) is 2.02. The third kappa shape index (κ3) is 2.40. The van der Waals surface area contributed by atoms with Gasteiger partial charge in [0.15, 0.2) is 0 Å². The minimum absolute atomic E-state index is 0.0692. The van der Waals surface area contributed by atoms with E-state index >= 15 is 0 Å². The lowest BCUT2D eigenvalue weighted by Crippen LogP contribution is -2.40. The van der Waals surface area contributed by atoms with Gasteiger partial charge in [0, 0.05) is 23.1 Å². The topological polar surface area (TPSA) is 63.4 Å². The van der Waals surface area contributed by atoms with E-state index in [-0.39, 0.29) is 12.1 Å². The first kappa shape index (κ1) is 13.0. The van der Waals surface area contributed by atoms with Crippen LogP contribution in [0.1, 0.15) is 13.3 Å². The number of benzene rings is 1. The lowest BCUT2D eigenvalue weighted by molar-refractivity contribution is 0.393. The van der Waals surface area contributed by atoms with Crippen molar-refractivity contribution in [3.05, 3.63) is 28.7 Å². The summed E-state index contributed by atoms with van der Waals surface area (Å²) in [4.78, 5) is 0.321. The Bertz CT molecular complexity index is 501. The predicted molar refractivity (Wildman–Crippen MR) is 70.1 cm³/mol. The second-order valence-corrected chi connectivity index (χ2v) is 7.07. The van der Waals surface area contributed by atoms with Gasteiger partial charge in [0.05, 0.1) is 4.90 Å². The molecule has 2 N–H and O–H groups in total. The van der Waals surface area contributed by atoms with Gasteiger partial charge in [0.1, 0.15) is 0 Å². The van der Waals surface area contributed by atoms with Gasteiger partial charge in [0.2, 0.25) is 10.0 Å². The van der Waals surface area contributed by atoms with Crippen LogP contribution in [0, 0.1) is 0 Å². The van der Waals surface area contributed by atoms with Crippen molar-refractivity contribution < 1.29 is 8.42 Å². The van der Waals surface area contributed by atoms with Gasteiger partial charge < -0.3 is 5.73 Å². The molecule has 1 heterocycles. The summed E-state index contributed by atoms with van der Waals surface area (Å²) in [5, 5.41) is 0. The van der Waals surface area contributed by atoms with Crippen molar-refractivity contribution in [1.29, 1.82) is 0 Å². The summed E-state index contributed by atoms with van der Waals surface area (Å²) in [5.41, 5.74) is 5.85. The van der Waals surface area contributed by atoms with Crippen molar-refractivity contribution in [1.82, 2.24) is 4.31 Å². The van der Waals surface area contributed by atoms with E-state index in [0.717, 1.165) is 10.9 Å². The number of hydrogen-bond acceptors (Lipinski definition) is 3. The second-order valence-electron chi connectivity index (χ2n) is 4.26. The molecule has 0 aliphatic carbocycles. The number of nitrogens with two attached hydrogens (primary N) is 1. The molecule has 4 nitrogen and oxygen atoms in total. The molecular weight excluding hydrogens is 304 g/mol. The number of sulfonamides is 1. The molecular formula is C11H15BrN2O2S. The Morgan fingerprint density at radius 3 is 2.41 bits per heavy atom. The molecule has 1 aromatic carbocycles. The average Bonchev–Trinajstić information content (AvgIpc) is 2.61. The van der Waals surface area contributed by atoms with E-state index in [9.17, 15) is 8.42 Å². The summed E-state index contributed by atoms with van der Waals surface area (Å²) in [6.45, 7) is 2.36. The van der Waals surface area contributed by atoms with Crippen molar-refractivity contribution in [3.63, 3.8) is 0 Å². The molecule has 1 fully saturated rings. The Balaban J connectivity index is 2.34. The Hall–Kier alpha value is -0.430. The number of halogens is 1. The molecule has 0 aromatic heterocycles. The molecule has 94 valence electrons. The normalized spacial score (nSPS) is 26.3. The molecule has 2 rings (SSSR count). The highest BCUT2D eigenvalue weighted by Gasteiger charge is 2.36. The van der Waals surface area contributed by atoms with Crippen molar-refractivity contribution in [2.45, 2.75) is 30.3 Å². The minimum atomic E-state index is -3.41. The van der Waals surface area contributed by atoms with E-state index in [1.54, 1.807) is 24.3 Å². The van der Waals surface area contributed by atoms with Crippen molar-refractivity contribution in [3.8, 4) is 0 Å². The average molecular weight is 319 g/mol. The van der Waals surface area contributed by atoms with Crippen molar-refractivity contribution >= 4 is 26.0 Å². The van der Waals surface area contributed by atoms with Crippen LogP contribution in [0.2, 0.25) is 0 Å². The molecule has 0 amide bonds. The highest BCUT2D eigenvalue weighted by atomic mass is 79.9. The van der Waals surface area contributed by atoms with Crippen LogP contribution >= 0.6 is 15.9 Å². The van der Waals surface area contributed by atoms with Crippen LogP contribution in [-0.4, -0.2) is 31.4 Å². The predicted octanol–water partition coefficient (Wildman–Crippen LogP) is 1.56. The molecule has 1 saturated heterocycles. The van der Waals surface area contributed by atoms with Crippen LogP contribution in [0.4, 0.5) is 0 Å². The Morgan fingerprint density at radius 2 is 1.94 bits per heavy atom. The third-order valence-electron chi connectivity index (χ3n) is 3.18. The van der Waals surface area contributed by atoms with Gasteiger partial charge in [-0.3, -0.25) is 0 Å². The zero-order chi connectivity index (χ0) is 12.6. The van der Waals surface area contributed by atoms with Crippen LogP contribution in [0.3, 0.4) is 0 Å². The maximum absolute atomic E-state index is 12.4. The van der Waals surface area contributed by atoms with Gasteiger partial charge >= 0.3 is 0 Å². The van der Waals surface area contributed by atoms with E-state index in [0.29, 0.717) is 11.4 Å². The Labute approximate surface area is 110 Å². The molecule has 1 aromatic rings. The summed E-state index contributed by atoms with van der Waals surface area (Å²) < 4.78 is 27.1. The van der Waals surface area contributed by atoms with Gasteiger partial charge in [-0.2, -0.15) is 4.31 Å². The molecule has 0 bridgehead atoms. The maximum Gasteiger partial charge on any atom is 0.243 e. The largest absolute Gasteiger partial charge is 0.326 e. The van der Waals surface area contributed by atoms with Gasteiger partial charge in [0.25, 0.3) is 0 Å². The molecule has 1 aliphatic heterocycles. The number of rotatable bonds is 2. The van der Waals surface area contributed by atoms with E-state index in [4.69, 9.17) is 5.73 Å². The summed E-state index contributed by atoms with van der Waals surface area (Å²) in [6, 6.07) is 6.47. The van der Waals surface area contributed by atoms with Crippen LogP contribution in [0.25, 0.3) is 0 Å². The summed E-state index contributed by atoms with van der Waals surface area (Å²) in [6.07, 6.45) is 0.719. The first-order valence-electron chi connectivity index (χ1n) is 5.46. The van der Waals surface area contributed by atoms with E-state index in [2.05, 4.69) is 15.9 Å². The molecule has 2 atom stereocenters. The standard InChI is InChI=1S/C11H15BrN2O2S/c1-8-11(13)6-7-14(8)17(15,16)10-4-2-9(12)3-5-10/h2-5,8,11H,6-7,13H2,1H3. The van der Waals surface area contributed by atoms with Gasteiger partial charge in [-0.1, -0.05) is 15.9 Å². The monoisotopic (exact) mass is 318 g/mol. The third-order valence-corrected chi connectivity index (χ3v) is 5.71. The minimum Gasteiger partial charge on any atom is -0.326 e. The van der Waals surface area contributed by atoms with Crippen LogP contribution < -0.4 is 5.73 Å². The molecule has 17 heavy (non-hydrogen) atoms. The van der Waals surface area contributed by atoms with Crippen LogP contribution in [0.15, 0.2) is 33.6 Å². The summed E-state index contributed by atoms with van der Waals surface area (Å²) >= 11 is 3.29. The second kappa shape index (κ2) is 4.68. The molecule has 1 aliphatic rings. The zero-order valence-corrected chi connectivity index (χ0v) is 11.9. The molecule has 0 spiro atoms. The lowest BCUT2D eigenvalue weighted by atomic mass is 10.2. The van der Waals surface area contributed by atoms with E-state index < -0.39 is 10.0 Å². The fourth-order valence-corrected chi connectivity index (χ4v) is 3.97. The van der Waals surface area contributed by atoms with Crippen molar-refractivity contribution in [2.24, 2.45) is 5.73 Å². The smallest absolute Gasteiger partial charge is 0.243 e. The van der Waals surface area contributed by atoms with E-state index in [1.165, 1.54) is 4.31 Å². The molecule has 0 radical (unpaired) electrons. The molecule has 0 saturated carbocycles. The molecule has 6 heteroatoms. The quantitative estimate of drug-likeness (QED) is 0.900. The highest BCUT2D eigenvalue weighted by molar-refractivity contribution is 9.10. The zero-order valence-electron chi connectivity index (χ0n) is 9.51. The van der Waals surface area contributed by atoms with Crippen molar-refractivity contribution in [2.75, 3.05) is 6.54 Å². The first-order valence-corrected chi connectivity index (χ1v) is 7.69. The van der Waals surface area contributed by atoms with Crippen LogP contribution in [0.5, 0.6) is 0 Å². The van der Waals surface area contributed by atoms with Crippen LogP contribution in [-0.2, 0) is 10.0 Å². The Morgan fingerprint density at radius 1 is 1.35 bits per heavy atom. The lowest BCUT2D eigenvalue weighted by Gasteiger charge is -2.22.